The normalized spacial score (nSPS) is 10.0. The molecule has 0 atom stereocenters. The Labute approximate surface area is 128 Å². The van der Waals surface area contributed by atoms with Crippen molar-refractivity contribution in [3.8, 4) is 0 Å². The largest absolute Gasteiger partial charge is 0.458 e. The summed E-state index contributed by atoms with van der Waals surface area (Å²) in [5.41, 5.74) is 0.801. The first-order valence-electron chi connectivity index (χ1n) is 6.76. The van der Waals surface area contributed by atoms with E-state index < -0.39 is 11.9 Å². The van der Waals surface area contributed by atoms with Crippen molar-refractivity contribution in [2.24, 2.45) is 0 Å². The van der Waals surface area contributed by atoms with Gasteiger partial charge in [-0.25, -0.2) is 9.59 Å². The van der Waals surface area contributed by atoms with E-state index in [2.05, 4.69) is 13.2 Å². The van der Waals surface area contributed by atoms with E-state index >= 15 is 0 Å². The fourth-order valence-electron chi connectivity index (χ4n) is 2.09. The molecule has 0 unspecified atom stereocenters. The highest BCUT2D eigenvalue weighted by molar-refractivity contribution is 6.11. The number of esters is 2. The van der Waals surface area contributed by atoms with E-state index in [1.165, 1.54) is 12.2 Å². The SMILES string of the molecule is C=CCOC(=O)c1cccc2c(C(=O)OCC=C)cccc12. The van der Waals surface area contributed by atoms with Crippen LogP contribution in [-0.4, -0.2) is 25.2 Å². The summed E-state index contributed by atoms with van der Waals surface area (Å²) in [4.78, 5) is 24.1. The summed E-state index contributed by atoms with van der Waals surface area (Å²) < 4.78 is 10.1. The topological polar surface area (TPSA) is 52.6 Å². The van der Waals surface area contributed by atoms with E-state index in [-0.39, 0.29) is 13.2 Å². The highest BCUT2D eigenvalue weighted by Gasteiger charge is 2.16. The Morgan fingerprint density at radius 1 is 0.818 bits per heavy atom. The second kappa shape index (κ2) is 7.22. The number of hydrogen-bond acceptors (Lipinski definition) is 4. The molecule has 0 aliphatic rings. The van der Waals surface area contributed by atoms with Crippen LogP contribution in [0.2, 0.25) is 0 Å². The molecule has 4 heteroatoms. The number of hydrogen-bond donors (Lipinski definition) is 0. The van der Waals surface area contributed by atoms with Crippen molar-refractivity contribution >= 4 is 22.7 Å². The molecule has 0 aromatic heterocycles. The Kier molecular flexibility index (Phi) is 5.09. The minimum absolute atomic E-state index is 0.135. The van der Waals surface area contributed by atoms with Crippen molar-refractivity contribution in [2.45, 2.75) is 0 Å². The van der Waals surface area contributed by atoms with Gasteiger partial charge in [-0.05, 0) is 22.9 Å². The minimum atomic E-state index is -0.456. The molecule has 0 aliphatic heterocycles. The maximum absolute atomic E-state index is 12.1. The summed E-state index contributed by atoms with van der Waals surface area (Å²) in [6.45, 7) is 7.29. The zero-order valence-electron chi connectivity index (χ0n) is 12.1. The van der Waals surface area contributed by atoms with Crippen LogP contribution in [0.4, 0.5) is 0 Å². The lowest BCUT2D eigenvalue weighted by atomic mass is 10.00. The van der Waals surface area contributed by atoms with Crippen molar-refractivity contribution in [2.75, 3.05) is 13.2 Å². The van der Waals surface area contributed by atoms with Crippen LogP contribution in [0, 0.1) is 0 Å². The quantitative estimate of drug-likeness (QED) is 0.604. The van der Waals surface area contributed by atoms with E-state index in [1.807, 2.05) is 0 Å². The molecule has 0 heterocycles. The summed E-state index contributed by atoms with van der Waals surface area (Å²) in [5.74, 6) is -0.913. The van der Waals surface area contributed by atoms with E-state index in [0.29, 0.717) is 21.9 Å². The summed E-state index contributed by atoms with van der Waals surface area (Å²) in [5, 5.41) is 1.29. The maximum Gasteiger partial charge on any atom is 0.339 e. The summed E-state index contributed by atoms with van der Waals surface area (Å²) in [7, 11) is 0. The van der Waals surface area contributed by atoms with Gasteiger partial charge in [-0.3, -0.25) is 0 Å². The standard InChI is InChI=1S/C18H16O4/c1-3-11-21-17(19)15-9-5-8-14-13(15)7-6-10-16(14)18(20)22-12-4-2/h3-10H,1-2,11-12H2. The first-order valence-corrected chi connectivity index (χ1v) is 6.76. The van der Waals surface area contributed by atoms with Crippen LogP contribution in [0.25, 0.3) is 10.8 Å². The lowest BCUT2D eigenvalue weighted by Crippen LogP contribution is -2.08. The van der Waals surface area contributed by atoms with Crippen LogP contribution in [-0.2, 0) is 9.47 Å². The van der Waals surface area contributed by atoms with E-state index in [9.17, 15) is 9.59 Å². The van der Waals surface area contributed by atoms with Crippen LogP contribution in [0.15, 0.2) is 61.7 Å². The third-order valence-electron chi connectivity index (χ3n) is 3.03. The Bertz CT molecular complexity index is 668. The van der Waals surface area contributed by atoms with Gasteiger partial charge >= 0.3 is 11.9 Å². The summed E-state index contributed by atoms with van der Waals surface area (Å²) in [6.07, 6.45) is 3.00. The smallest absolute Gasteiger partial charge is 0.339 e. The predicted molar refractivity (Wildman–Crippen MR) is 84.9 cm³/mol. The monoisotopic (exact) mass is 296 g/mol. The third kappa shape index (κ3) is 3.23. The molecule has 0 saturated carbocycles. The molecule has 2 rings (SSSR count). The average Bonchev–Trinajstić information content (AvgIpc) is 2.56. The Morgan fingerprint density at radius 3 is 1.59 bits per heavy atom. The lowest BCUT2D eigenvalue weighted by Gasteiger charge is -2.09. The van der Waals surface area contributed by atoms with Crippen molar-refractivity contribution in [3.63, 3.8) is 0 Å². The van der Waals surface area contributed by atoms with Gasteiger partial charge in [0.05, 0.1) is 11.1 Å². The van der Waals surface area contributed by atoms with Gasteiger partial charge in [0.1, 0.15) is 13.2 Å². The molecular weight excluding hydrogens is 280 g/mol. The van der Waals surface area contributed by atoms with Gasteiger partial charge < -0.3 is 9.47 Å². The zero-order chi connectivity index (χ0) is 15.9. The Hall–Kier alpha value is -2.88. The number of ether oxygens (including phenoxy) is 2. The average molecular weight is 296 g/mol. The molecule has 2 aromatic carbocycles. The molecule has 112 valence electrons. The number of fused-ring (bicyclic) bond motifs is 1. The fraction of sp³-hybridized carbons (Fsp3) is 0.111. The van der Waals surface area contributed by atoms with E-state index in [1.54, 1.807) is 36.4 Å². The summed E-state index contributed by atoms with van der Waals surface area (Å²) >= 11 is 0. The van der Waals surface area contributed by atoms with Gasteiger partial charge in [-0.2, -0.15) is 0 Å². The second-order valence-corrected chi connectivity index (χ2v) is 4.48. The zero-order valence-corrected chi connectivity index (χ0v) is 12.1. The van der Waals surface area contributed by atoms with Crippen molar-refractivity contribution in [1.82, 2.24) is 0 Å². The summed E-state index contributed by atoms with van der Waals surface area (Å²) in [6, 6.07) is 10.3. The lowest BCUT2D eigenvalue weighted by molar-refractivity contribution is 0.0541. The number of carbonyl (C=O) groups is 2. The van der Waals surface area contributed by atoms with Gasteiger partial charge in [0, 0.05) is 0 Å². The molecule has 22 heavy (non-hydrogen) atoms. The van der Waals surface area contributed by atoms with Crippen LogP contribution in [0.5, 0.6) is 0 Å². The van der Waals surface area contributed by atoms with Gasteiger partial charge in [-0.1, -0.05) is 49.6 Å². The van der Waals surface area contributed by atoms with Crippen molar-refractivity contribution < 1.29 is 19.1 Å². The molecule has 0 amide bonds. The maximum atomic E-state index is 12.1. The van der Waals surface area contributed by atoms with Crippen LogP contribution in [0.1, 0.15) is 20.7 Å². The van der Waals surface area contributed by atoms with Gasteiger partial charge in [0.25, 0.3) is 0 Å². The molecule has 0 radical (unpaired) electrons. The fourth-order valence-corrected chi connectivity index (χ4v) is 2.09. The number of benzene rings is 2. The minimum Gasteiger partial charge on any atom is -0.458 e. The highest BCUT2D eigenvalue weighted by atomic mass is 16.5. The molecule has 0 spiro atoms. The molecular formula is C18H16O4. The van der Waals surface area contributed by atoms with Crippen LogP contribution >= 0.6 is 0 Å². The van der Waals surface area contributed by atoms with Crippen LogP contribution < -0.4 is 0 Å². The number of rotatable bonds is 6. The van der Waals surface area contributed by atoms with Gasteiger partial charge in [0.15, 0.2) is 0 Å². The molecule has 2 aromatic rings. The Balaban J connectivity index is 2.46. The molecule has 0 aliphatic carbocycles. The molecule has 0 fully saturated rings. The Morgan fingerprint density at radius 2 is 1.23 bits per heavy atom. The highest BCUT2D eigenvalue weighted by Crippen LogP contribution is 2.24. The van der Waals surface area contributed by atoms with Gasteiger partial charge in [-0.15, -0.1) is 0 Å². The number of carbonyl (C=O) groups excluding carboxylic acids is 2. The first kappa shape index (κ1) is 15.5. The molecule has 0 bridgehead atoms. The van der Waals surface area contributed by atoms with Crippen molar-refractivity contribution in [3.05, 3.63) is 72.8 Å². The van der Waals surface area contributed by atoms with Gasteiger partial charge in [0.2, 0.25) is 0 Å². The molecule has 4 nitrogen and oxygen atoms in total. The predicted octanol–water partition coefficient (Wildman–Crippen LogP) is 3.53. The van der Waals surface area contributed by atoms with E-state index in [4.69, 9.17) is 9.47 Å². The van der Waals surface area contributed by atoms with Crippen LogP contribution in [0.3, 0.4) is 0 Å². The van der Waals surface area contributed by atoms with E-state index in [0.717, 1.165) is 0 Å². The third-order valence-corrected chi connectivity index (χ3v) is 3.03. The molecule has 0 saturated heterocycles. The van der Waals surface area contributed by atoms with Crippen molar-refractivity contribution in [1.29, 1.82) is 0 Å². The first-order chi connectivity index (χ1) is 10.7. The molecule has 0 N–H and O–H groups in total. The second-order valence-electron chi connectivity index (χ2n) is 4.48.